The molecule has 132 valence electrons. The maximum absolute atomic E-state index is 12.5. The van der Waals surface area contributed by atoms with E-state index < -0.39 is 0 Å². The van der Waals surface area contributed by atoms with Crippen LogP contribution < -0.4 is 14.8 Å². The molecule has 8 heteroatoms. The fraction of sp³-hybridized carbons (Fsp3) is 0.167. The van der Waals surface area contributed by atoms with E-state index in [1.165, 1.54) is 0 Å². The minimum atomic E-state index is -0.213. The molecule has 2 aromatic carbocycles. The van der Waals surface area contributed by atoms with Crippen molar-refractivity contribution in [2.24, 2.45) is 0 Å². The number of ether oxygens (including phenoxy) is 2. The van der Waals surface area contributed by atoms with Crippen molar-refractivity contribution in [1.29, 1.82) is 0 Å². The van der Waals surface area contributed by atoms with Gasteiger partial charge in [-0.1, -0.05) is 23.8 Å². The summed E-state index contributed by atoms with van der Waals surface area (Å²) in [6.45, 7) is 2.24. The lowest BCUT2D eigenvalue weighted by molar-refractivity contribution is -0.116. The topological polar surface area (TPSA) is 81.2 Å². The number of hydrogen-bond donors (Lipinski definition) is 2. The summed E-state index contributed by atoms with van der Waals surface area (Å²) in [7, 11) is 0. The zero-order valence-electron chi connectivity index (χ0n) is 14.0. The van der Waals surface area contributed by atoms with Crippen LogP contribution in [0, 0.1) is 11.7 Å². The minimum Gasteiger partial charge on any atom is -0.454 e. The molecule has 7 nitrogen and oxygen atoms in total. The van der Waals surface area contributed by atoms with E-state index in [9.17, 15) is 4.79 Å². The van der Waals surface area contributed by atoms with Gasteiger partial charge in [-0.2, -0.15) is 5.10 Å². The Morgan fingerprint density at radius 1 is 1.27 bits per heavy atom. The summed E-state index contributed by atoms with van der Waals surface area (Å²) < 4.78 is 12.7. The summed E-state index contributed by atoms with van der Waals surface area (Å²) >= 11 is 5.28. The lowest BCUT2D eigenvalue weighted by Gasteiger charge is -2.09. The Morgan fingerprint density at radius 3 is 2.96 bits per heavy atom. The molecule has 0 aliphatic carbocycles. The quantitative estimate of drug-likeness (QED) is 0.691. The highest BCUT2D eigenvalue weighted by Crippen LogP contribution is 2.34. The zero-order valence-corrected chi connectivity index (χ0v) is 14.8. The van der Waals surface area contributed by atoms with E-state index >= 15 is 0 Å². The second-order valence-corrected chi connectivity index (χ2v) is 6.31. The molecule has 2 heterocycles. The molecular formula is C18H16N4O3S. The van der Waals surface area contributed by atoms with Crippen LogP contribution in [-0.2, 0) is 11.3 Å². The fourth-order valence-corrected chi connectivity index (χ4v) is 2.98. The predicted molar refractivity (Wildman–Crippen MR) is 98.8 cm³/mol. The number of H-pyrrole nitrogens is 1. The van der Waals surface area contributed by atoms with Crippen LogP contribution in [0.4, 0.5) is 5.69 Å². The number of carbonyl (C=O) groups excluding carboxylic acids is 1. The first-order valence-electron chi connectivity index (χ1n) is 8.02. The van der Waals surface area contributed by atoms with Gasteiger partial charge in [-0.15, -0.1) is 0 Å². The van der Waals surface area contributed by atoms with Crippen molar-refractivity contribution in [2.45, 2.75) is 13.5 Å². The van der Waals surface area contributed by atoms with E-state index in [0.717, 1.165) is 11.1 Å². The number of benzene rings is 2. The number of aromatic nitrogens is 3. The average Bonchev–Trinajstić information content (AvgIpc) is 3.22. The molecule has 0 saturated carbocycles. The Morgan fingerprint density at radius 2 is 2.12 bits per heavy atom. The smallest absolute Gasteiger partial charge is 0.244 e. The number of rotatable bonds is 4. The molecule has 0 atom stereocenters. The minimum absolute atomic E-state index is 0.0487. The van der Waals surface area contributed by atoms with Gasteiger partial charge in [0, 0.05) is 17.3 Å². The predicted octanol–water partition coefficient (Wildman–Crippen LogP) is 3.28. The largest absolute Gasteiger partial charge is 0.454 e. The van der Waals surface area contributed by atoms with Gasteiger partial charge >= 0.3 is 0 Å². The molecule has 0 radical (unpaired) electrons. The third kappa shape index (κ3) is 3.18. The van der Waals surface area contributed by atoms with Gasteiger partial charge in [-0.3, -0.25) is 14.5 Å². The monoisotopic (exact) mass is 368 g/mol. The highest BCUT2D eigenvalue weighted by Gasteiger charge is 2.16. The Kier molecular flexibility index (Phi) is 4.18. The molecule has 0 saturated heterocycles. The van der Waals surface area contributed by atoms with Crippen molar-refractivity contribution >= 4 is 23.8 Å². The number of amides is 1. The van der Waals surface area contributed by atoms with Crippen LogP contribution in [0.2, 0.25) is 0 Å². The van der Waals surface area contributed by atoms with E-state index in [2.05, 4.69) is 15.5 Å². The van der Waals surface area contributed by atoms with Gasteiger partial charge in [0.05, 0.1) is 0 Å². The first kappa shape index (κ1) is 16.3. The first-order chi connectivity index (χ1) is 12.6. The van der Waals surface area contributed by atoms with Crippen molar-refractivity contribution in [1.82, 2.24) is 14.8 Å². The summed E-state index contributed by atoms with van der Waals surface area (Å²) in [6, 6.07) is 13.1. The van der Waals surface area contributed by atoms with Crippen molar-refractivity contribution in [3.8, 4) is 22.9 Å². The van der Waals surface area contributed by atoms with E-state index in [0.29, 0.717) is 27.8 Å². The standard InChI is InChI=1S/C18H16N4O3S/c1-11-3-2-4-12(7-11)17-20-21-18(26)22(17)9-16(23)19-13-5-6-14-15(8-13)25-10-24-14/h2-8H,9-10H2,1H3,(H,19,23)(H,21,26). The van der Waals surface area contributed by atoms with Crippen LogP contribution in [0.5, 0.6) is 11.5 Å². The molecule has 3 aromatic rings. The number of fused-ring (bicyclic) bond motifs is 1. The third-order valence-electron chi connectivity index (χ3n) is 3.99. The molecule has 0 bridgehead atoms. The van der Waals surface area contributed by atoms with Gasteiger partial charge < -0.3 is 14.8 Å². The van der Waals surface area contributed by atoms with Gasteiger partial charge in [0.25, 0.3) is 0 Å². The highest BCUT2D eigenvalue weighted by atomic mass is 32.1. The van der Waals surface area contributed by atoms with E-state index in [1.54, 1.807) is 22.8 Å². The molecule has 0 fully saturated rings. The maximum Gasteiger partial charge on any atom is 0.244 e. The molecule has 26 heavy (non-hydrogen) atoms. The van der Waals surface area contributed by atoms with Gasteiger partial charge in [-0.25, -0.2) is 0 Å². The molecule has 1 aliphatic heterocycles. The summed E-state index contributed by atoms with van der Waals surface area (Å²) in [5, 5.41) is 9.87. The highest BCUT2D eigenvalue weighted by molar-refractivity contribution is 7.71. The van der Waals surface area contributed by atoms with Gasteiger partial charge in [0.15, 0.2) is 22.1 Å². The maximum atomic E-state index is 12.5. The Bertz CT molecular complexity index is 1040. The number of aryl methyl sites for hydroxylation is 1. The fourth-order valence-electron chi connectivity index (χ4n) is 2.79. The summed E-state index contributed by atoms with van der Waals surface area (Å²) in [6.07, 6.45) is 0. The molecule has 0 unspecified atom stereocenters. The van der Waals surface area contributed by atoms with Crippen LogP contribution in [0.1, 0.15) is 5.56 Å². The number of anilines is 1. The van der Waals surface area contributed by atoms with Crippen LogP contribution in [0.3, 0.4) is 0 Å². The Balaban J connectivity index is 1.55. The van der Waals surface area contributed by atoms with Crippen molar-refractivity contribution in [3.63, 3.8) is 0 Å². The molecule has 1 amide bonds. The molecule has 2 N–H and O–H groups in total. The van der Waals surface area contributed by atoms with Gasteiger partial charge in [0.1, 0.15) is 6.54 Å². The average molecular weight is 368 g/mol. The van der Waals surface area contributed by atoms with Crippen LogP contribution in [-0.4, -0.2) is 27.5 Å². The SMILES string of the molecule is Cc1cccc(-c2n[nH]c(=S)n2CC(=O)Nc2ccc3c(c2)OCO3)c1. The number of aromatic amines is 1. The van der Waals surface area contributed by atoms with Crippen LogP contribution in [0.25, 0.3) is 11.4 Å². The van der Waals surface area contributed by atoms with E-state index in [4.69, 9.17) is 21.7 Å². The lowest BCUT2D eigenvalue weighted by atomic mass is 10.1. The number of nitrogens with zero attached hydrogens (tertiary/aromatic N) is 2. The normalized spacial score (nSPS) is 12.2. The zero-order chi connectivity index (χ0) is 18.1. The van der Waals surface area contributed by atoms with E-state index in [-0.39, 0.29) is 19.2 Å². The Hall–Kier alpha value is -3.13. The second-order valence-electron chi connectivity index (χ2n) is 5.92. The second kappa shape index (κ2) is 6.64. The van der Waals surface area contributed by atoms with Gasteiger partial charge in [0.2, 0.25) is 12.7 Å². The molecule has 4 rings (SSSR count). The number of carbonyl (C=O) groups is 1. The molecule has 1 aliphatic rings. The first-order valence-corrected chi connectivity index (χ1v) is 8.43. The Labute approximate surface area is 154 Å². The molecule has 1 aromatic heterocycles. The lowest BCUT2D eigenvalue weighted by Crippen LogP contribution is -2.19. The summed E-state index contributed by atoms with van der Waals surface area (Å²) in [5.41, 5.74) is 2.63. The number of hydrogen-bond acceptors (Lipinski definition) is 5. The van der Waals surface area contributed by atoms with Gasteiger partial charge in [-0.05, 0) is 37.3 Å². The van der Waals surface area contributed by atoms with Crippen molar-refractivity contribution < 1.29 is 14.3 Å². The van der Waals surface area contributed by atoms with E-state index in [1.807, 2.05) is 31.2 Å². The third-order valence-corrected chi connectivity index (χ3v) is 4.30. The number of nitrogens with one attached hydrogen (secondary N) is 2. The molecule has 0 spiro atoms. The molecular weight excluding hydrogens is 352 g/mol. The van der Waals surface area contributed by atoms with Crippen LogP contribution >= 0.6 is 12.2 Å². The van der Waals surface area contributed by atoms with Crippen LogP contribution in [0.15, 0.2) is 42.5 Å². The summed E-state index contributed by atoms with van der Waals surface area (Å²) in [5.74, 6) is 1.69. The van der Waals surface area contributed by atoms with Crippen molar-refractivity contribution in [2.75, 3.05) is 12.1 Å². The summed E-state index contributed by atoms with van der Waals surface area (Å²) in [4.78, 5) is 12.5. The van der Waals surface area contributed by atoms with Crippen molar-refractivity contribution in [3.05, 3.63) is 52.8 Å².